The van der Waals surface area contributed by atoms with Crippen LogP contribution < -0.4 is 0 Å². The van der Waals surface area contributed by atoms with Crippen LogP contribution in [0.15, 0.2) is 48.8 Å². The molecule has 3 heterocycles. The molecule has 138 valence electrons. The van der Waals surface area contributed by atoms with Gasteiger partial charge in [-0.2, -0.15) is 0 Å². The van der Waals surface area contributed by atoms with E-state index in [9.17, 15) is 9.90 Å². The molecule has 27 heavy (non-hydrogen) atoms. The second-order valence-corrected chi connectivity index (χ2v) is 7.33. The number of aryl methyl sites for hydroxylation is 1. The maximum Gasteiger partial charge on any atom is 0.257 e. The predicted molar refractivity (Wildman–Crippen MR) is 100 cm³/mol. The van der Waals surface area contributed by atoms with E-state index in [1.165, 1.54) is 0 Å². The SMILES string of the molecule is Cn1cnc2cc(C3(O)c4ccccc4C(=O)N3CC3CCCO3)ccc21. The van der Waals surface area contributed by atoms with Gasteiger partial charge in [0.2, 0.25) is 0 Å². The lowest BCUT2D eigenvalue weighted by Gasteiger charge is -2.36. The predicted octanol–water partition coefficient (Wildman–Crippen LogP) is 2.40. The average Bonchev–Trinajstić information content (AvgIpc) is 3.39. The number of ether oxygens (including phenoxy) is 1. The molecule has 1 aromatic heterocycles. The smallest absolute Gasteiger partial charge is 0.257 e. The summed E-state index contributed by atoms with van der Waals surface area (Å²) in [6.45, 7) is 1.07. The molecule has 2 unspecified atom stereocenters. The number of hydrogen-bond acceptors (Lipinski definition) is 4. The van der Waals surface area contributed by atoms with Crippen LogP contribution in [0.4, 0.5) is 0 Å². The van der Waals surface area contributed by atoms with Crippen molar-refractivity contribution in [2.45, 2.75) is 24.7 Å². The van der Waals surface area contributed by atoms with Crippen molar-refractivity contribution in [2.75, 3.05) is 13.2 Å². The van der Waals surface area contributed by atoms with Gasteiger partial charge in [0.05, 0.1) is 30.0 Å². The molecule has 1 N–H and O–H groups in total. The normalized spacial score (nSPS) is 24.7. The Bertz CT molecular complexity index is 1040. The Labute approximate surface area is 157 Å². The van der Waals surface area contributed by atoms with E-state index in [0.717, 1.165) is 23.9 Å². The summed E-state index contributed by atoms with van der Waals surface area (Å²) in [4.78, 5) is 19.1. The molecule has 0 radical (unpaired) electrons. The van der Waals surface area contributed by atoms with Crippen LogP contribution in [-0.2, 0) is 17.5 Å². The summed E-state index contributed by atoms with van der Waals surface area (Å²) in [6, 6.07) is 13.0. The van der Waals surface area contributed by atoms with E-state index in [1.54, 1.807) is 17.3 Å². The Morgan fingerprint density at radius 3 is 2.96 bits per heavy atom. The largest absolute Gasteiger partial charge is 0.376 e. The highest BCUT2D eigenvalue weighted by Gasteiger charge is 2.50. The fraction of sp³-hybridized carbons (Fsp3) is 0.333. The lowest BCUT2D eigenvalue weighted by Crippen LogP contribution is -2.48. The molecule has 2 atom stereocenters. The van der Waals surface area contributed by atoms with E-state index in [1.807, 2.05) is 48.0 Å². The van der Waals surface area contributed by atoms with Gasteiger partial charge in [-0.3, -0.25) is 9.69 Å². The van der Waals surface area contributed by atoms with Gasteiger partial charge in [-0.1, -0.05) is 24.3 Å². The zero-order chi connectivity index (χ0) is 18.6. The Kier molecular flexibility index (Phi) is 3.60. The number of imidazole rings is 1. The molecule has 6 nitrogen and oxygen atoms in total. The first-order valence-electron chi connectivity index (χ1n) is 9.26. The quantitative estimate of drug-likeness (QED) is 0.776. The molecule has 0 saturated carbocycles. The van der Waals surface area contributed by atoms with Crippen LogP contribution in [0.1, 0.15) is 34.3 Å². The highest BCUT2D eigenvalue weighted by molar-refractivity contribution is 6.00. The standard InChI is InChI=1S/C21H21N3O3/c1-23-13-22-18-11-14(8-9-19(18)23)21(26)17-7-3-2-6-16(17)20(25)24(21)12-15-5-4-10-27-15/h2-3,6-9,11,13,15,26H,4-5,10,12H2,1H3. The van der Waals surface area contributed by atoms with Gasteiger partial charge >= 0.3 is 0 Å². The summed E-state index contributed by atoms with van der Waals surface area (Å²) in [5.41, 5.74) is 2.04. The van der Waals surface area contributed by atoms with Crippen LogP contribution in [0.25, 0.3) is 11.0 Å². The number of carbonyl (C=O) groups is 1. The van der Waals surface area contributed by atoms with E-state index >= 15 is 0 Å². The van der Waals surface area contributed by atoms with Gasteiger partial charge in [0.15, 0.2) is 5.72 Å². The third kappa shape index (κ3) is 2.33. The fourth-order valence-electron chi connectivity index (χ4n) is 4.28. The number of aliphatic hydroxyl groups is 1. The van der Waals surface area contributed by atoms with Crippen molar-refractivity contribution in [3.8, 4) is 0 Å². The fourth-order valence-corrected chi connectivity index (χ4v) is 4.28. The average molecular weight is 363 g/mol. The van der Waals surface area contributed by atoms with Crippen molar-refractivity contribution in [2.24, 2.45) is 7.05 Å². The zero-order valence-corrected chi connectivity index (χ0v) is 15.1. The van der Waals surface area contributed by atoms with Crippen LogP contribution in [0, 0.1) is 0 Å². The van der Waals surface area contributed by atoms with E-state index < -0.39 is 5.72 Å². The Morgan fingerprint density at radius 1 is 1.30 bits per heavy atom. The molecule has 1 amide bonds. The minimum atomic E-state index is -1.52. The van der Waals surface area contributed by atoms with Crippen LogP contribution in [0.5, 0.6) is 0 Å². The highest BCUT2D eigenvalue weighted by Crippen LogP contribution is 2.43. The van der Waals surface area contributed by atoms with Crippen molar-refractivity contribution < 1.29 is 14.6 Å². The molecular formula is C21H21N3O3. The molecule has 5 rings (SSSR count). The molecule has 3 aromatic rings. The first kappa shape index (κ1) is 16.5. The number of benzene rings is 2. The molecule has 1 fully saturated rings. The second kappa shape index (κ2) is 5.90. The molecule has 2 aliphatic rings. The third-order valence-electron chi connectivity index (χ3n) is 5.71. The molecule has 2 aromatic carbocycles. The van der Waals surface area contributed by atoms with Crippen molar-refractivity contribution in [3.05, 3.63) is 65.5 Å². The molecule has 0 aliphatic carbocycles. The van der Waals surface area contributed by atoms with Crippen LogP contribution >= 0.6 is 0 Å². The Morgan fingerprint density at radius 2 is 2.15 bits per heavy atom. The lowest BCUT2D eigenvalue weighted by molar-refractivity contribution is -0.0673. The summed E-state index contributed by atoms with van der Waals surface area (Å²) in [5.74, 6) is -0.162. The number of carbonyl (C=O) groups excluding carboxylic acids is 1. The molecule has 0 spiro atoms. The molecular weight excluding hydrogens is 342 g/mol. The first-order chi connectivity index (χ1) is 13.1. The number of aromatic nitrogens is 2. The minimum absolute atomic E-state index is 0.0478. The second-order valence-electron chi connectivity index (χ2n) is 7.33. The Hall–Kier alpha value is -2.70. The van der Waals surface area contributed by atoms with Gasteiger partial charge < -0.3 is 14.4 Å². The zero-order valence-electron chi connectivity index (χ0n) is 15.1. The number of nitrogens with zero attached hydrogens (tertiary/aromatic N) is 3. The summed E-state index contributed by atoms with van der Waals surface area (Å²) < 4.78 is 7.68. The summed E-state index contributed by atoms with van der Waals surface area (Å²) in [7, 11) is 1.93. The van der Waals surface area contributed by atoms with Crippen molar-refractivity contribution in [1.29, 1.82) is 0 Å². The van der Waals surface area contributed by atoms with Gasteiger partial charge in [-0.15, -0.1) is 0 Å². The van der Waals surface area contributed by atoms with Gasteiger partial charge in [0.25, 0.3) is 5.91 Å². The molecule has 6 heteroatoms. The number of hydrogen-bond donors (Lipinski definition) is 1. The number of rotatable bonds is 3. The highest BCUT2D eigenvalue weighted by atomic mass is 16.5. The maximum atomic E-state index is 13.1. The summed E-state index contributed by atoms with van der Waals surface area (Å²) in [5, 5.41) is 11.9. The van der Waals surface area contributed by atoms with E-state index in [2.05, 4.69) is 4.98 Å². The van der Waals surface area contributed by atoms with Gasteiger partial charge in [-0.05, 0) is 31.0 Å². The topological polar surface area (TPSA) is 67.6 Å². The van der Waals surface area contributed by atoms with Crippen molar-refractivity contribution in [3.63, 3.8) is 0 Å². The Balaban J connectivity index is 1.66. The van der Waals surface area contributed by atoms with Gasteiger partial charge in [0.1, 0.15) is 0 Å². The summed E-state index contributed by atoms with van der Waals surface area (Å²) >= 11 is 0. The number of amides is 1. The molecule has 1 saturated heterocycles. The molecule has 2 aliphatic heterocycles. The van der Waals surface area contributed by atoms with Crippen LogP contribution in [0.3, 0.4) is 0 Å². The van der Waals surface area contributed by atoms with Gasteiger partial charge in [-0.25, -0.2) is 4.98 Å². The van der Waals surface area contributed by atoms with Crippen LogP contribution in [0.2, 0.25) is 0 Å². The van der Waals surface area contributed by atoms with Gasteiger partial charge in [0, 0.05) is 30.3 Å². The minimum Gasteiger partial charge on any atom is -0.376 e. The maximum absolute atomic E-state index is 13.1. The molecule has 0 bridgehead atoms. The summed E-state index contributed by atoms with van der Waals surface area (Å²) in [6.07, 6.45) is 3.58. The van der Waals surface area contributed by atoms with E-state index in [-0.39, 0.29) is 12.0 Å². The first-order valence-corrected chi connectivity index (χ1v) is 9.26. The van der Waals surface area contributed by atoms with E-state index in [0.29, 0.717) is 29.8 Å². The monoisotopic (exact) mass is 363 g/mol. The van der Waals surface area contributed by atoms with Crippen molar-refractivity contribution in [1.82, 2.24) is 14.5 Å². The third-order valence-corrected chi connectivity index (χ3v) is 5.71. The van der Waals surface area contributed by atoms with Crippen molar-refractivity contribution >= 4 is 16.9 Å². The van der Waals surface area contributed by atoms with E-state index in [4.69, 9.17) is 4.74 Å². The number of fused-ring (bicyclic) bond motifs is 2. The lowest BCUT2D eigenvalue weighted by atomic mass is 9.93. The van der Waals surface area contributed by atoms with Crippen LogP contribution in [-0.4, -0.2) is 44.7 Å².